The number of likely N-dealkylation sites (tertiary alicyclic amines) is 1. The molecule has 2 aromatic carbocycles. The quantitative estimate of drug-likeness (QED) is 0.370. The van der Waals surface area contributed by atoms with Crippen LogP contribution in [0.2, 0.25) is 5.02 Å². The predicted molar refractivity (Wildman–Crippen MR) is 161 cm³/mol. The number of rotatable bonds is 7. The van der Waals surface area contributed by atoms with E-state index in [4.69, 9.17) is 11.6 Å². The van der Waals surface area contributed by atoms with Gasteiger partial charge in [0.25, 0.3) is 5.91 Å². The van der Waals surface area contributed by atoms with Crippen LogP contribution in [0.4, 0.5) is 0 Å². The van der Waals surface area contributed by atoms with Crippen molar-refractivity contribution in [3.05, 3.63) is 81.5 Å². The number of carbonyl (C=O) groups is 3. The molecule has 6 rings (SSSR count). The summed E-state index contributed by atoms with van der Waals surface area (Å²) >= 11 is 6.57. The van der Waals surface area contributed by atoms with Crippen LogP contribution in [0.15, 0.2) is 43.0 Å². The molecule has 0 unspecified atom stereocenters. The van der Waals surface area contributed by atoms with Gasteiger partial charge in [0.15, 0.2) is 0 Å². The second kappa shape index (κ2) is 10.7. The molecule has 1 aromatic heterocycles. The number of halogens is 1. The van der Waals surface area contributed by atoms with Gasteiger partial charge in [0, 0.05) is 55.2 Å². The van der Waals surface area contributed by atoms with Crippen LogP contribution in [-0.2, 0) is 35.5 Å². The average Bonchev–Trinajstić information content (AvgIpc) is 3.73. The van der Waals surface area contributed by atoms with E-state index in [0.717, 1.165) is 47.8 Å². The molecule has 3 heterocycles. The Kier molecular flexibility index (Phi) is 7.18. The van der Waals surface area contributed by atoms with E-state index in [1.807, 2.05) is 24.0 Å². The van der Waals surface area contributed by atoms with Gasteiger partial charge in [-0.2, -0.15) is 0 Å². The first-order chi connectivity index (χ1) is 19.7. The maximum atomic E-state index is 14.4. The van der Waals surface area contributed by atoms with Crippen molar-refractivity contribution in [1.82, 2.24) is 19.3 Å². The Morgan fingerprint density at radius 2 is 1.90 bits per heavy atom. The highest BCUT2D eigenvalue weighted by Crippen LogP contribution is 2.46. The van der Waals surface area contributed by atoms with Gasteiger partial charge in [-0.1, -0.05) is 43.3 Å². The van der Waals surface area contributed by atoms with Crippen molar-refractivity contribution in [2.24, 2.45) is 0 Å². The van der Waals surface area contributed by atoms with E-state index >= 15 is 0 Å². The third kappa shape index (κ3) is 4.84. The Labute approximate surface area is 246 Å². The molecule has 8 heteroatoms. The Hall–Kier alpha value is -3.58. The molecule has 1 aliphatic carbocycles. The first kappa shape index (κ1) is 27.6. The fourth-order valence-corrected chi connectivity index (χ4v) is 6.93. The zero-order valence-electron chi connectivity index (χ0n) is 24.1. The van der Waals surface area contributed by atoms with Crippen LogP contribution in [0, 0.1) is 6.92 Å². The van der Waals surface area contributed by atoms with Gasteiger partial charge in [0.2, 0.25) is 11.8 Å². The van der Waals surface area contributed by atoms with Crippen LogP contribution in [0.25, 0.3) is 10.9 Å². The minimum absolute atomic E-state index is 0.0169. The smallest absolute Gasteiger partial charge is 0.256 e. The summed E-state index contributed by atoms with van der Waals surface area (Å²) in [5.74, 6) is 0.109. The highest BCUT2D eigenvalue weighted by molar-refractivity contribution is 6.31. The summed E-state index contributed by atoms with van der Waals surface area (Å²) in [6.07, 6.45) is 5.13. The second-order valence-electron chi connectivity index (χ2n) is 11.7. The number of carbonyl (C=O) groups excluding carboxylic acids is 3. The Morgan fingerprint density at radius 3 is 2.59 bits per heavy atom. The maximum Gasteiger partial charge on any atom is 0.256 e. The summed E-state index contributed by atoms with van der Waals surface area (Å²) < 4.78 is 2.09. The third-order valence-electron chi connectivity index (χ3n) is 9.14. The van der Waals surface area contributed by atoms with Crippen molar-refractivity contribution in [2.75, 3.05) is 26.7 Å². The van der Waals surface area contributed by atoms with Crippen LogP contribution in [0.5, 0.6) is 0 Å². The number of likely N-dealkylation sites (N-methyl/N-ethyl adjacent to an activating group) is 1. The minimum Gasteiger partial charge on any atom is -0.338 e. The lowest BCUT2D eigenvalue weighted by Crippen LogP contribution is -2.61. The third-order valence-corrected chi connectivity index (χ3v) is 9.36. The molecule has 1 saturated carbocycles. The summed E-state index contributed by atoms with van der Waals surface area (Å²) in [6.45, 7) is 10.1. The molecule has 1 saturated heterocycles. The number of aryl methyl sites for hydroxylation is 2. The molecule has 0 radical (unpaired) electrons. The number of aromatic nitrogens is 1. The molecule has 7 nitrogen and oxygen atoms in total. The molecular formula is C33H37ClN4O3. The summed E-state index contributed by atoms with van der Waals surface area (Å²) in [4.78, 5) is 45.4. The number of amides is 3. The summed E-state index contributed by atoms with van der Waals surface area (Å²) in [5, 5.41) is 1.42. The van der Waals surface area contributed by atoms with Crippen LogP contribution < -0.4 is 0 Å². The van der Waals surface area contributed by atoms with Gasteiger partial charge in [0.05, 0.1) is 17.1 Å². The van der Waals surface area contributed by atoms with Crippen molar-refractivity contribution in [3.63, 3.8) is 0 Å². The maximum absolute atomic E-state index is 14.4. The zero-order valence-corrected chi connectivity index (χ0v) is 24.8. The molecule has 41 heavy (non-hydrogen) atoms. The second-order valence-corrected chi connectivity index (χ2v) is 12.2. The SMILES string of the molecule is C=CC(=O)N1CC(N(C)C(=O)Cn2c(C3CC3)c(C(=O)N3CCc4c(CC)cccc4C3)c3cc(Cl)cc(C)c32)C1. The fourth-order valence-electron chi connectivity index (χ4n) is 6.66. The van der Waals surface area contributed by atoms with Crippen LogP contribution in [-0.4, -0.2) is 69.7 Å². The molecule has 0 N–H and O–H groups in total. The summed E-state index contributed by atoms with van der Waals surface area (Å²) in [6, 6.07) is 10.2. The highest BCUT2D eigenvalue weighted by Gasteiger charge is 2.39. The van der Waals surface area contributed by atoms with Crippen molar-refractivity contribution in [2.45, 2.75) is 64.6 Å². The lowest BCUT2D eigenvalue weighted by molar-refractivity contribution is -0.142. The minimum atomic E-state index is -0.114. The standard InChI is InChI=1S/C33H37ClN4O3/c1-5-21-8-7-9-23-16-36(13-12-26(21)23)33(41)30-27-15-24(34)14-20(3)31(27)38(32(30)22-10-11-22)19-29(40)35(4)25-17-37(18-25)28(39)6-2/h6-9,14-15,22,25H,2,5,10-13,16-19H2,1,3-4H3. The lowest BCUT2D eigenvalue weighted by Gasteiger charge is -2.43. The van der Waals surface area contributed by atoms with Crippen molar-refractivity contribution >= 4 is 40.2 Å². The van der Waals surface area contributed by atoms with Gasteiger partial charge in [-0.05, 0) is 73.1 Å². The molecule has 0 spiro atoms. The Morgan fingerprint density at radius 1 is 1.15 bits per heavy atom. The van der Waals surface area contributed by atoms with E-state index in [2.05, 4.69) is 36.3 Å². The van der Waals surface area contributed by atoms with E-state index in [1.54, 1.807) is 16.8 Å². The van der Waals surface area contributed by atoms with Gasteiger partial charge in [0.1, 0.15) is 6.54 Å². The van der Waals surface area contributed by atoms with Crippen molar-refractivity contribution in [3.8, 4) is 0 Å². The first-order valence-electron chi connectivity index (χ1n) is 14.6. The fraction of sp³-hybridized carbons (Fsp3) is 0.424. The summed E-state index contributed by atoms with van der Waals surface area (Å²) in [5.41, 5.74) is 7.47. The molecule has 3 aromatic rings. The molecule has 214 valence electrons. The van der Waals surface area contributed by atoms with Gasteiger partial charge in [-0.15, -0.1) is 0 Å². The molecule has 3 aliphatic rings. The monoisotopic (exact) mass is 572 g/mol. The van der Waals surface area contributed by atoms with Crippen LogP contribution in [0.1, 0.15) is 64.0 Å². The Bertz CT molecular complexity index is 1580. The van der Waals surface area contributed by atoms with E-state index in [-0.39, 0.29) is 36.2 Å². The van der Waals surface area contributed by atoms with Gasteiger partial charge in [-0.25, -0.2) is 0 Å². The van der Waals surface area contributed by atoms with Crippen molar-refractivity contribution < 1.29 is 14.4 Å². The largest absolute Gasteiger partial charge is 0.338 e. The molecule has 2 aliphatic heterocycles. The average molecular weight is 573 g/mol. The number of fused-ring (bicyclic) bond motifs is 2. The highest BCUT2D eigenvalue weighted by atomic mass is 35.5. The molecule has 0 atom stereocenters. The van der Waals surface area contributed by atoms with E-state index < -0.39 is 0 Å². The van der Waals surface area contributed by atoms with Gasteiger partial charge < -0.3 is 19.3 Å². The Balaban J connectivity index is 1.36. The number of hydrogen-bond acceptors (Lipinski definition) is 3. The van der Waals surface area contributed by atoms with Crippen LogP contribution in [0.3, 0.4) is 0 Å². The molecule has 3 amide bonds. The van der Waals surface area contributed by atoms with Gasteiger partial charge in [-0.3, -0.25) is 14.4 Å². The van der Waals surface area contributed by atoms with Crippen molar-refractivity contribution in [1.29, 1.82) is 0 Å². The molecule has 0 bridgehead atoms. The predicted octanol–water partition coefficient (Wildman–Crippen LogP) is 5.10. The van der Waals surface area contributed by atoms with E-state index in [1.165, 1.54) is 22.8 Å². The van der Waals surface area contributed by atoms with Gasteiger partial charge >= 0.3 is 0 Å². The lowest BCUT2D eigenvalue weighted by atomic mass is 9.92. The number of benzene rings is 2. The summed E-state index contributed by atoms with van der Waals surface area (Å²) in [7, 11) is 1.80. The first-order valence-corrected chi connectivity index (χ1v) is 15.0. The normalized spacial score (nSPS) is 16.9. The molecular weight excluding hydrogens is 536 g/mol. The zero-order chi connectivity index (χ0) is 29.0. The van der Waals surface area contributed by atoms with E-state index in [9.17, 15) is 14.4 Å². The van der Waals surface area contributed by atoms with Crippen LogP contribution >= 0.6 is 11.6 Å². The number of hydrogen-bond donors (Lipinski definition) is 0. The van der Waals surface area contributed by atoms with E-state index in [0.29, 0.717) is 36.8 Å². The molecule has 2 fully saturated rings. The topological polar surface area (TPSA) is 65.9 Å². The number of nitrogens with zero attached hydrogens (tertiary/aromatic N) is 4.